The Labute approximate surface area is 60.0 Å². The first-order valence-electron chi connectivity index (χ1n) is 3.07. The summed E-state index contributed by atoms with van der Waals surface area (Å²) in [6.45, 7) is 1.80. The van der Waals surface area contributed by atoms with Gasteiger partial charge < -0.3 is 10.6 Å². The van der Waals surface area contributed by atoms with E-state index in [-0.39, 0.29) is 18.1 Å². The summed E-state index contributed by atoms with van der Waals surface area (Å²) < 4.78 is 0. The van der Waals surface area contributed by atoms with Crippen molar-refractivity contribution in [3.8, 4) is 0 Å². The molecule has 0 unspecified atom stereocenters. The molecule has 0 bridgehead atoms. The predicted octanol–water partition coefficient (Wildman–Crippen LogP) is -0.741. The van der Waals surface area contributed by atoms with Crippen molar-refractivity contribution in [3.05, 3.63) is 0 Å². The number of rotatable bonds is 4. The van der Waals surface area contributed by atoms with Gasteiger partial charge in [0, 0.05) is 0 Å². The van der Waals surface area contributed by atoms with Crippen LogP contribution in [0.4, 0.5) is 0 Å². The van der Waals surface area contributed by atoms with Gasteiger partial charge in [0.1, 0.15) is 5.78 Å². The van der Waals surface area contributed by atoms with Crippen LogP contribution < -0.4 is 10.6 Å². The van der Waals surface area contributed by atoms with Gasteiger partial charge in [0.2, 0.25) is 5.91 Å². The van der Waals surface area contributed by atoms with Gasteiger partial charge in [0.15, 0.2) is 0 Å². The fraction of sp³-hybridized carbons (Fsp3) is 0.667. The van der Waals surface area contributed by atoms with Crippen LogP contribution in [-0.2, 0) is 9.59 Å². The molecule has 0 spiro atoms. The maximum atomic E-state index is 10.6. The maximum absolute atomic E-state index is 10.6. The van der Waals surface area contributed by atoms with E-state index in [1.165, 1.54) is 6.92 Å². The molecule has 0 aliphatic carbocycles. The normalized spacial score (nSPS) is 9.00. The number of carbonyl (C=O) groups is 2. The monoisotopic (exact) mass is 144 g/mol. The molecule has 4 nitrogen and oxygen atoms in total. The molecule has 0 aromatic carbocycles. The summed E-state index contributed by atoms with van der Waals surface area (Å²) in [5, 5.41) is 5.22. The van der Waals surface area contributed by atoms with Gasteiger partial charge in [-0.2, -0.15) is 0 Å². The van der Waals surface area contributed by atoms with Gasteiger partial charge in [0.25, 0.3) is 0 Å². The van der Waals surface area contributed by atoms with E-state index in [9.17, 15) is 9.59 Å². The molecule has 10 heavy (non-hydrogen) atoms. The van der Waals surface area contributed by atoms with Crippen molar-refractivity contribution in [2.75, 3.05) is 13.7 Å². The lowest BCUT2D eigenvalue weighted by molar-refractivity contribution is -0.127. The molecule has 0 aromatic rings. The van der Waals surface area contributed by atoms with E-state index in [2.05, 4.69) is 10.6 Å². The van der Waals surface area contributed by atoms with Crippen molar-refractivity contribution < 1.29 is 9.59 Å². The molecule has 0 saturated heterocycles. The molecule has 2 N–H and O–H groups in total. The Kier molecular flexibility index (Phi) is 4.49. The SMILES string of the molecule is CNCNC(=O)CC(C)=O. The van der Waals surface area contributed by atoms with Gasteiger partial charge in [-0.3, -0.25) is 9.59 Å². The lowest BCUT2D eigenvalue weighted by Gasteiger charge is -2.00. The number of amides is 1. The minimum atomic E-state index is -0.234. The topological polar surface area (TPSA) is 58.2 Å². The number of Topliss-reactive ketones (excluding diaryl/α,β-unsaturated/α-hetero) is 1. The van der Waals surface area contributed by atoms with E-state index in [0.29, 0.717) is 6.67 Å². The number of carbonyl (C=O) groups excluding carboxylic acids is 2. The first kappa shape index (κ1) is 9.10. The first-order valence-corrected chi connectivity index (χ1v) is 3.07. The summed E-state index contributed by atoms with van der Waals surface area (Å²) in [5.74, 6) is -0.351. The zero-order valence-electron chi connectivity index (χ0n) is 6.23. The standard InChI is InChI=1S/C6H12N2O2/c1-5(9)3-6(10)8-4-7-2/h7H,3-4H2,1-2H3,(H,8,10). The second kappa shape index (κ2) is 4.93. The highest BCUT2D eigenvalue weighted by Gasteiger charge is 2.01. The highest BCUT2D eigenvalue weighted by Crippen LogP contribution is 1.79. The first-order chi connectivity index (χ1) is 4.66. The Morgan fingerprint density at radius 3 is 2.40 bits per heavy atom. The van der Waals surface area contributed by atoms with Crippen LogP contribution in [0.3, 0.4) is 0 Å². The van der Waals surface area contributed by atoms with Crippen LogP contribution >= 0.6 is 0 Å². The Balaban J connectivity index is 3.35. The zero-order chi connectivity index (χ0) is 7.98. The van der Waals surface area contributed by atoms with Crippen LogP contribution in [0.5, 0.6) is 0 Å². The zero-order valence-corrected chi connectivity index (χ0v) is 6.23. The van der Waals surface area contributed by atoms with Gasteiger partial charge in [-0.25, -0.2) is 0 Å². The molecule has 1 amide bonds. The van der Waals surface area contributed by atoms with Crippen LogP contribution in [0.15, 0.2) is 0 Å². The molecule has 0 aromatic heterocycles. The minimum absolute atomic E-state index is 0.0261. The molecule has 4 heteroatoms. The van der Waals surface area contributed by atoms with Crippen molar-refractivity contribution >= 4 is 11.7 Å². The highest BCUT2D eigenvalue weighted by molar-refractivity contribution is 5.96. The van der Waals surface area contributed by atoms with E-state index in [0.717, 1.165) is 0 Å². The van der Waals surface area contributed by atoms with E-state index in [1.54, 1.807) is 7.05 Å². The third-order valence-corrected chi connectivity index (χ3v) is 0.872. The summed E-state index contributed by atoms with van der Waals surface area (Å²) in [6, 6.07) is 0. The van der Waals surface area contributed by atoms with Crippen LogP contribution in [-0.4, -0.2) is 25.4 Å². The Hall–Kier alpha value is -0.900. The van der Waals surface area contributed by atoms with Gasteiger partial charge in [0.05, 0.1) is 13.1 Å². The molecular weight excluding hydrogens is 132 g/mol. The summed E-state index contributed by atoms with van der Waals surface area (Å²) in [4.78, 5) is 21.0. The van der Waals surface area contributed by atoms with Crippen molar-refractivity contribution in [2.24, 2.45) is 0 Å². The lowest BCUT2D eigenvalue weighted by atomic mass is 10.3. The molecule has 0 fully saturated rings. The van der Waals surface area contributed by atoms with Gasteiger partial charge >= 0.3 is 0 Å². The molecule has 0 rings (SSSR count). The van der Waals surface area contributed by atoms with Crippen molar-refractivity contribution in [1.82, 2.24) is 10.6 Å². The fourth-order valence-electron chi connectivity index (χ4n) is 0.476. The smallest absolute Gasteiger partial charge is 0.228 e. The van der Waals surface area contributed by atoms with Crippen LogP contribution in [0.1, 0.15) is 13.3 Å². The molecule has 0 aliphatic rings. The molecule has 58 valence electrons. The second-order valence-corrected chi connectivity index (χ2v) is 2.01. The van der Waals surface area contributed by atoms with Crippen molar-refractivity contribution in [1.29, 1.82) is 0 Å². The van der Waals surface area contributed by atoms with Crippen molar-refractivity contribution in [2.45, 2.75) is 13.3 Å². The number of hydrogen-bond acceptors (Lipinski definition) is 3. The largest absolute Gasteiger partial charge is 0.343 e. The highest BCUT2D eigenvalue weighted by atomic mass is 16.2. The van der Waals surface area contributed by atoms with Gasteiger partial charge in [-0.15, -0.1) is 0 Å². The molecule has 0 atom stereocenters. The molecule has 0 radical (unpaired) electrons. The lowest BCUT2D eigenvalue weighted by Crippen LogP contribution is -2.32. The summed E-state index contributed by atoms with van der Waals surface area (Å²) in [6.07, 6.45) is -0.0261. The van der Waals surface area contributed by atoms with Gasteiger partial charge in [-0.05, 0) is 14.0 Å². The summed E-state index contributed by atoms with van der Waals surface area (Å²) in [7, 11) is 1.72. The Morgan fingerprint density at radius 1 is 1.40 bits per heavy atom. The van der Waals surface area contributed by atoms with E-state index in [4.69, 9.17) is 0 Å². The summed E-state index contributed by atoms with van der Waals surface area (Å²) >= 11 is 0. The Bertz CT molecular complexity index is 134. The Morgan fingerprint density at radius 2 is 2.00 bits per heavy atom. The molecule has 0 heterocycles. The third-order valence-electron chi connectivity index (χ3n) is 0.872. The average Bonchev–Trinajstić information content (AvgIpc) is 1.82. The fourth-order valence-corrected chi connectivity index (χ4v) is 0.476. The average molecular weight is 144 g/mol. The maximum Gasteiger partial charge on any atom is 0.228 e. The quantitative estimate of drug-likeness (QED) is 0.403. The molecular formula is C6H12N2O2. The predicted molar refractivity (Wildman–Crippen MR) is 37.4 cm³/mol. The molecule has 0 aliphatic heterocycles. The third kappa shape index (κ3) is 5.24. The minimum Gasteiger partial charge on any atom is -0.343 e. The number of ketones is 1. The number of hydrogen-bond donors (Lipinski definition) is 2. The van der Waals surface area contributed by atoms with Gasteiger partial charge in [-0.1, -0.05) is 0 Å². The van der Waals surface area contributed by atoms with Crippen molar-refractivity contribution in [3.63, 3.8) is 0 Å². The van der Waals surface area contributed by atoms with E-state index < -0.39 is 0 Å². The van der Waals surface area contributed by atoms with E-state index in [1.807, 2.05) is 0 Å². The second-order valence-electron chi connectivity index (χ2n) is 2.01. The van der Waals surface area contributed by atoms with Crippen LogP contribution in [0.25, 0.3) is 0 Å². The van der Waals surface area contributed by atoms with E-state index >= 15 is 0 Å². The van der Waals surface area contributed by atoms with Crippen LogP contribution in [0, 0.1) is 0 Å². The van der Waals surface area contributed by atoms with Crippen LogP contribution in [0.2, 0.25) is 0 Å². The molecule has 0 saturated carbocycles. The summed E-state index contributed by atoms with van der Waals surface area (Å²) in [5.41, 5.74) is 0. The number of nitrogens with one attached hydrogen (secondary N) is 2.